The molecule has 4 fully saturated rings. The van der Waals surface area contributed by atoms with E-state index in [2.05, 4.69) is 82.9 Å². The fraction of sp³-hybridized carbons (Fsp3) is 0.630. The molecule has 0 spiro atoms. The molecule has 0 unspecified atom stereocenters. The van der Waals surface area contributed by atoms with Gasteiger partial charge < -0.3 is 88.1 Å². The molecule has 7 aromatic heterocycles. The van der Waals surface area contributed by atoms with E-state index in [1.54, 1.807) is 53.8 Å². The highest BCUT2D eigenvalue weighted by molar-refractivity contribution is 6.28. The van der Waals surface area contributed by atoms with Gasteiger partial charge in [0.05, 0.1) is 167 Å². The number of carbonyl (C=O) groups is 5. The second-order valence-electron chi connectivity index (χ2n) is 35.2. The van der Waals surface area contributed by atoms with E-state index in [-0.39, 0.29) is 71.8 Å². The van der Waals surface area contributed by atoms with Gasteiger partial charge in [0.2, 0.25) is 11.2 Å². The third-order valence-corrected chi connectivity index (χ3v) is 20.8. The summed E-state index contributed by atoms with van der Waals surface area (Å²) in [5, 5.41) is 26.9. The maximum atomic E-state index is 12.8. The number of hydrogen-bond acceptors (Lipinski definition) is 31. The largest absolute Gasteiger partial charge is 0.444 e. The van der Waals surface area contributed by atoms with Gasteiger partial charge in [-0.3, -0.25) is 14.9 Å². The minimum Gasteiger partial charge on any atom is -0.444 e. The van der Waals surface area contributed by atoms with E-state index in [1.165, 1.54) is 10.9 Å². The highest BCUT2D eigenvalue weighted by Crippen LogP contribution is 2.37. The topological polar surface area (TPSA) is 423 Å². The van der Waals surface area contributed by atoms with Crippen molar-refractivity contribution in [3.05, 3.63) is 97.6 Å². The van der Waals surface area contributed by atoms with E-state index >= 15 is 0 Å². The number of anilines is 6. The summed E-state index contributed by atoms with van der Waals surface area (Å²) in [5.41, 5.74) is 11.8. The highest BCUT2D eigenvalue weighted by atomic mass is 35.5. The molecule has 7 aromatic rings. The molecule has 0 aliphatic carbocycles. The molecule has 0 saturated carbocycles. The quantitative estimate of drug-likeness (QED) is 0.0526. The molecular formula is C81H116ClN25O15. The number of nitrogens with two attached hydrogens (primary N) is 1. The molecular weight excluding hydrogens is 1600 g/mol. The van der Waals surface area contributed by atoms with Crippen LogP contribution in [-0.4, -0.2) is 276 Å². The third-order valence-electron chi connectivity index (χ3n) is 20.6. The van der Waals surface area contributed by atoms with Crippen LogP contribution in [-0.2, 0) is 94.6 Å². The maximum Gasteiger partial charge on any atom is 0.410 e. The number of nitro groups is 1. The fourth-order valence-corrected chi connectivity index (χ4v) is 15.0. The van der Waals surface area contributed by atoms with Crippen molar-refractivity contribution in [3.8, 4) is 17.8 Å². The number of rotatable bonds is 11. The number of nitrogens with zero attached hydrogens (tertiary/aromatic N) is 23. The van der Waals surface area contributed by atoms with Gasteiger partial charge in [0.15, 0.2) is 0 Å². The molecule has 5 amide bonds. The molecule has 41 heteroatoms. The van der Waals surface area contributed by atoms with Crippen molar-refractivity contribution in [1.82, 2.24) is 88.8 Å². The van der Waals surface area contributed by atoms with Crippen LogP contribution in [0.1, 0.15) is 176 Å². The Morgan fingerprint density at radius 1 is 0.459 bits per heavy atom. The molecule has 0 radical (unpaired) electrons. The Kier molecular flexibility index (Phi) is 28.3. The Balaban J connectivity index is 0.000000150. The summed E-state index contributed by atoms with van der Waals surface area (Å²) in [6.07, 6.45) is 11.3. The van der Waals surface area contributed by atoms with Gasteiger partial charge in [0.1, 0.15) is 58.1 Å². The second-order valence-corrected chi connectivity index (χ2v) is 35.6. The molecule has 0 aromatic carbocycles. The predicted octanol–water partition coefficient (Wildman–Crippen LogP) is 9.42. The van der Waals surface area contributed by atoms with Crippen LogP contribution >= 0.6 is 11.6 Å². The molecule has 662 valence electrons. The molecule has 8 aliphatic rings. The van der Waals surface area contributed by atoms with Crippen LogP contribution in [0.5, 0.6) is 0 Å². The van der Waals surface area contributed by atoms with Crippen LogP contribution in [0.4, 0.5) is 59.5 Å². The van der Waals surface area contributed by atoms with Crippen LogP contribution in [0.25, 0.3) is 17.8 Å². The van der Waals surface area contributed by atoms with Crippen LogP contribution in [0.3, 0.4) is 0 Å². The Labute approximate surface area is 714 Å². The van der Waals surface area contributed by atoms with E-state index in [1.807, 2.05) is 90.0 Å². The van der Waals surface area contributed by atoms with E-state index in [0.29, 0.717) is 166 Å². The number of ether oxygens (including phenoxy) is 8. The van der Waals surface area contributed by atoms with Crippen molar-refractivity contribution in [1.29, 1.82) is 0 Å². The lowest BCUT2D eigenvalue weighted by Gasteiger charge is -2.37. The molecule has 4 saturated heterocycles. The SMILES string of the molecule is CCCC(=O)Nc1cnn(-c2nc3c(c(N4CCOC[C@@H]4C)n2)CCN(C(=O)OC(C)(C)C)C3)c1.C[C@H]1COCCN1c1nc(-n2cc(N)cn2)nc2c1CCN(C(=O)OC(C)(C)C)C2.C[C@H]1COCCN1c1nc(-n2cc([N+](=O)[O-])cn2)nc2c1CCN(C(=O)OC(C)(C)C)C2.C[C@H]1COCCN1c1nc(Cl)nc2c1CCN(C(=O)OC(C)(C)C)C2. The lowest BCUT2D eigenvalue weighted by Crippen LogP contribution is -2.46. The maximum absolute atomic E-state index is 12.8. The summed E-state index contributed by atoms with van der Waals surface area (Å²) in [6.45, 7) is 44.0. The minimum atomic E-state index is -0.601. The Morgan fingerprint density at radius 3 is 1.07 bits per heavy atom. The van der Waals surface area contributed by atoms with Gasteiger partial charge in [-0.15, -0.1) is 0 Å². The number of hydrogen-bond donors (Lipinski definition) is 2. The first-order valence-electron chi connectivity index (χ1n) is 41.6. The van der Waals surface area contributed by atoms with Crippen LogP contribution in [0, 0.1) is 10.1 Å². The van der Waals surface area contributed by atoms with Gasteiger partial charge >= 0.3 is 30.1 Å². The van der Waals surface area contributed by atoms with Crippen molar-refractivity contribution in [2.45, 2.75) is 229 Å². The summed E-state index contributed by atoms with van der Waals surface area (Å²) in [4.78, 5) is 126. The molecule has 0 bridgehead atoms. The lowest BCUT2D eigenvalue weighted by atomic mass is 10.0. The van der Waals surface area contributed by atoms with Crippen molar-refractivity contribution < 1.29 is 66.8 Å². The monoisotopic (exact) mass is 1710 g/mol. The molecule has 8 aliphatic heterocycles. The van der Waals surface area contributed by atoms with E-state index in [0.717, 1.165) is 94.9 Å². The zero-order valence-corrected chi connectivity index (χ0v) is 73.8. The van der Waals surface area contributed by atoms with Gasteiger partial charge in [-0.25, -0.2) is 53.5 Å². The average Bonchev–Trinajstić information content (AvgIpc) is 1.17. The van der Waals surface area contributed by atoms with Gasteiger partial charge in [-0.05, 0) is 154 Å². The Morgan fingerprint density at radius 2 is 0.770 bits per heavy atom. The number of nitrogen functional groups attached to an aromatic ring is 1. The predicted molar refractivity (Wildman–Crippen MR) is 451 cm³/mol. The zero-order valence-electron chi connectivity index (χ0n) is 73.0. The standard InChI is InChI=1S/C24H35N7O4.C20H27N7O5.C20H29N7O3.C17H25ClN4O3/c1-6-7-20(32)26-17-12-25-31(13-17)22-27-19-14-29(23(33)35-24(3,4)5)9-8-18(19)21(28-22)30-10-11-34-15-16(30)2;1-13-12-31-8-7-25(13)17-15-5-6-24(19(28)32-20(2,3)4)11-16(15)22-18(23-17)26-10-14(9-21-26)27(29)30;1-13-12-29-8-7-26(13)17-15-5-6-25(19(28)30-20(2,3)4)11-16(15)23-18(24-17)27-10-14(21)9-22-27;1-11-10-24-8-7-22(11)14-12-5-6-21(16(23)25-17(2,3)4)9-13(12)19-15(18)20-14/h12-13,16H,6-11,14-15H2,1-5H3,(H,26,32);9-10,13H,5-8,11-12H2,1-4H3;9-10,13H,5-8,11-12,21H2,1-4H3;11H,5-10H2,1-4H3/t16-;2*13-;11-/m0000/s1. The molecule has 4 atom stereocenters. The van der Waals surface area contributed by atoms with Crippen LogP contribution in [0.2, 0.25) is 5.28 Å². The van der Waals surface area contributed by atoms with Gasteiger partial charge in [-0.2, -0.15) is 34.9 Å². The zero-order chi connectivity index (χ0) is 87.9. The van der Waals surface area contributed by atoms with Crippen LogP contribution in [0.15, 0.2) is 37.2 Å². The minimum absolute atomic E-state index is 0.0609. The molecule has 15 rings (SSSR count). The first-order chi connectivity index (χ1) is 57.7. The number of fused-ring (bicyclic) bond motifs is 4. The average molecular weight is 1720 g/mol. The lowest BCUT2D eigenvalue weighted by molar-refractivity contribution is -0.384. The summed E-state index contributed by atoms with van der Waals surface area (Å²) < 4.78 is 48.9. The van der Waals surface area contributed by atoms with Gasteiger partial charge in [0.25, 0.3) is 17.8 Å². The number of amides is 5. The first-order valence-corrected chi connectivity index (χ1v) is 42.0. The number of aromatic nitrogens is 14. The molecule has 40 nitrogen and oxygen atoms in total. The fourth-order valence-electron chi connectivity index (χ4n) is 14.8. The third kappa shape index (κ3) is 23.0. The second kappa shape index (κ2) is 38.2. The van der Waals surface area contributed by atoms with E-state index in [9.17, 15) is 34.1 Å². The first kappa shape index (κ1) is 90.3. The normalized spacial score (nSPS) is 19.3. The summed E-state index contributed by atoms with van der Waals surface area (Å²) in [5.74, 6) is 4.33. The van der Waals surface area contributed by atoms with Gasteiger partial charge in [0, 0.05) is 81.0 Å². The summed E-state index contributed by atoms with van der Waals surface area (Å²) in [7, 11) is 0. The van der Waals surface area contributed by atoms with E-state index in [4.69, 9.17) is 80.1 Å². The van der Waals surface area contributed by atoms with Crippen molar-refractivity contribution in [2.75, 3.05) is 136 Å². The number of morpholine rings is 4. The van der Waals surface area contributed by atoms with Gasteiger partial charge in [-0.1, -0.05) is 6.92 Å². The smallest absolute Gasteiger partial charge is 0.410 e. The van der Waals surface area contributed by atoms with Crippen molar-refractivity contribution in [3.63, 3.8) is 0 Å². The number of nitrogens with one attached hydrogen (secondary N) is 1. The summed E-state index contributed by atoms with van der Waals surface area (Å²) >= 11 is 6.17. The Bertz CT molecular complexity index is 4900. The van der Waals surface area contributed by atoms with Crippen molar-refractivity contribution in [2.24, 2.45) is 0 Å². The van der Waals surface area contributed by atoms with Crippen LogP contribution < -0.4 is 30.7 Å². The molecule has 3 N–H and O–H groups in total. The number of halogens is 1. The number of carbonyl (C=O) groups excluding carboxylic acids is 5. The summed E-state index contributed by atoms with van der Waals surface area (Å²) in [6, 6.07) is 0.678. The highest BCUT2D eigenvalue weighted by Gasteiger charge is 2.39. The molecule has 15 heterocycles. The Hall–Kier alpha value is -11.0. The molecule has 122 heavy (non-hydrogen) atoms. The van der Waals surface area contributed by atoms with Crippen molar-refractivity contribution >= 4 is 82.2 Å². The van der Waals surface area contributed by atoms with E-state index < -0.39 is 33.4 Å².